The first-order chi connectivity index (χ1) is 15.9. The Morgan fingerprint density at radius 1 is 0.879 bits per heavy atom. The Labute approximate surface area is 190 Å². The minimum Gasteiger partial charge on any atom is -0.354 e. The van der Waals surface area contributed by atoms with E-state index >= 15 is 0 Å². The number of fused-ring (bicyclic) bond motifs is 1. The van der Waals surface area contributed by atoms with E-state index in [0.717, 1.165) is 11.1 Å². The number of amides is 2. The molecule has 1 aliphatic rings. The van der Waals surface area contributed by atoms with Crippen LogP contribution in [0, 0.1) is 0 Å². The van der Waals surface area contributed by atoms with Gasteiger partial charge in [0.15, 0.2) is 0 Å². The van der Waals surface area contributed by atoms with Crippen molar-refractivity contribution in [2.45, 2.75) is 31.1 Å². The van der Waals surface area contributed by atoms with E-state index in [0.29, 0.717) is 11.1 Å². The van der Waals surface area contributed by atoms with Crippen LogP contribution in [0.5, 0.6) is 0 Å². The molecule has 0 fully saturated rings. The summed E-state index contributed by atoms with van der Waals surface area (Å²) < 4.78 is 37.5. The molecule has 2 amide bonds. The van der Waals surface area contributed by atoms with Crippen LogP contribution in [0.1, 0.15) is 52.0 Å². The summed E-state index contributed by atoms with van der Waals surface area (Å²) in [5, 5.41) is 2.61. The third kappa shape index (κ3) is 4.92. The molecule has 7 heteroatoms. The molecule has 0 aromatic heterocycles. The number of alkyl halides is 3. The Morgan fingerprint density at radius 2 is 1.42 bits per heavy atom. The molecule has 1 atom stereocenters. The monoisotopic (exact) mass is 452 g/mol. The third-order valence-electron chi connectivity index (χ3n) is 5.69. The van der Waals surface area contributed by atoms with E-state index in [9.17, 15) is 22.8 Å². The van der Waals surface area contributed by atoms with E-state index in [4.69, 9.17) is 0 Å². The second kappa shape index (κ2) is 9.48. The molecule has 3 aromatic rings. The molecule has 1 N–H and O–H groups in total. The van der Waals surface area contributed by atoms with Gasteiger partial charge in [-0.3, -0.25) is 9.59 Å². The smallest absolute Gasteiger partial charge is 0.354 e. The fraction of sp³-hybridized carbons (Fsp3) is 0.231. The first-order valence-corrected chi connectivity index (χ1v) is 10.7. The Kier molecular flexibility index (Phi) is 6.49. The number of nitrogens with zero attached hydrogens (tertiary/aromatic N) is 1. The SMILES string of the molecule is O=C(NCCCC(F)(F)F)C1c2ccccc2C(=O)N1C(c1ccccc1)c1ccccc1. The van der Waals surface area contributed by atoms with Crippen LogP contribution in [-0.2, 0) is 4.79 Å². The molecule has 0 aliphatic carbocycles. The van der Waals surface area contributed by atoms with Crippen LogP contribution in [0.25, 0.3) is 0 Å². The quantitative estimate of drug-likeness (QED) is 0.486. The first-order valence-electron chi connectivity index (χ1n) is 10.7. The lowest BCUT2D eigenvalue weighted by molar-refractivity contribution is -0.136. The van der Waals surface area contributed by atoms with Crippen molar-refractivity contribution in [3.05, 3.63) is 107 Å². The minimum atomic E-state index is -4.28. The number of hydrogen-bond acceptors (Lipinski definition) is 2. The van der Waals surface area contributed by atoms with Gasteiger partial charge in [0.1, 0.15) is 6.04 Å². The summed E-state index contributed by atoms with van der Waals surface area (Å²) in [6.07, 6.45) is -5.48. The largest absolute Gasteiger partial charge is 0.389 e. The van der Waals surface area contributed by atoms with Crippen LogP contribution in [-0.4, -0.2) is 29.4 Å². The molecule has 0 saturated carbocycles. The Morgan fingerprint density at radius 3 is 2.00 bits per heavy atom. The number of benzene rings is 3. The van der Waals surface area contributed by atoms with Crippen molar-refractivity contribution in [3.8, 4) is 0 Å². The van der Waals surface area contributed by atoms with Gasteiger partial charge in [0.05, 0.1) is 6.04 Å². The predicted octanol–water partition coefficient (Wildman–Crippen LogP) is 5.43. The van der Waals surface area contributed by atoms with Gasteiger partial charge in [-0.15, -0.1) is 0 Å². The van der Waals surface area contributed by atoms with Gasteiger partial charge in [-0.1, -0.05) is 78.9 Å². The van der Waals surface area contributed by atoms with Crippen LogP contribution in [0.15, 0.2) is 84.9 Å². The van der Waals surface area contributed by atoms with Gasteiger partial charge in [-0.25, -0.2) is 0 Å². The number of halogens is 3. The second-order valence-electron chi connectivity index (χ2n) is 7.94. The van der Waals surface area contributed by atoms with Gasteiger partial charge in [0.2, 0.25) is 5.91 Å². The fourth-order valence-corrected chi connectivity index (χ4v) is 4.25. The van der Waals surface area contributed by atoms with Crippen molar-refractivity contribution in [1.29, 1.82) is 0 Å². The van der Waals surface area contributed by atoms with Crippen molar-refractivity contribution in [1.82, 2.24) is 10.2 Å². The maximum atomic E-state index is 13.6. The van der Waals surface area contributed by atoms with Gasteiger partial charge < -0.3 is 10.2 Å². The molecular weight excluding hydrogens is 429 g/mol. The van der Waals surface area contributed by atoms with Gasteiger partial charge in [-0.05, 0) is 29.2 Å². The lowest BCUT2D eigenvalue weighted by atomic mass is 9.95. The zero-order valence-corrected chi connectivity index (χ0v) is 17.8. The minimum absolute atomic E-state index is 0.125. The lowest BCUT2D eigenvalue weighted by Gasteiger charge is -2.33. The first kappa shape index (κ1) is 22.6. The number of hydrogen-bond donors (Lipinski definition) is 1. The molecule has 4 rings (SSSR count). The zero-order chi connectivity index (χ0) is 23.4. The van der Waals surface area contributed by atoms with E-state index < -0.39 is 30.6 Å². The highest BCUT2D eigenvalue weighted by Crippen LogP contribution is 2.42. The molecule has 1 aliphatic heterocycles. The number of carbonyl (C=O) groups is 2. The van der Waals surface area contributed by atoms with Crippen LogP contribution >= 0.6 is 0 Å². The normalized spacial score (nSPS) is 15.6. The van der Waals surface area contributed by atoms with Crippen LogP contribution in [0.2, 0.25) is 0 Å². The molecule has 3 aromatic carbocycles. The summed E-state index contributed by atoms with van der Waals surface area (Å²) in [6, 6.07) is 24.2. The summed E-state index contributed by atoms with van der Waals surface area (Å²) in [4.78, 5) is 28.4. The molecule has 1 unspecified atom stereocenters. The molecule has 170 valence electrons. The van der Waals surface area contributed by atoms with Gasteiger partial charge >= 0.3 is 6.18 Å². The Bertz CT molecular complexity index is 1080. The molecular formula is C26H23F3N2O2. The van der Waals surface area contributed by atoms with Crippen molar-refractivity contribution in [2.24, 2.45) is 0 Å². The third-order valence-corrected chi connectivity index (χ3v) is 5.69. The standard InChI is InChI=1S/C26H23F3N2O2/c27-26(28,29)16-9-17-30-24(32)23-20-14-7-8-15-21(20)25(33)31(23)22(18-10-3-1-4-11-18)19-12-5-2-6-13-19/h1-8,10-15,22-23H,9,16-17H2,(H,30,32). The molecule has 33 heavy (non-hydrogen) atoms. The number of rotatable bonds is 7. The van der Waals surface area contributed by atoms with Crippen LogP contribution < -0.4 is 5.32 Å². The van der Waals surface area contributed by atoms with Crippen molar-refractivity contribution >= 4 is 11.8 Å². The molecule has 0 spiro atoms. The van der Waals surface area contributed by atoms with E-state index in [1.807, 2.05) is 60.7 Å². The summed E-state index contributed by atoms with van der Waals surface area (Å²) in [5.41, 5.74) is 2.64. The highest BCUT2D eigenvalue weighted by Gasteiger charge is 2.45. The topological polar surface area (TPSA) is 49.4 Å². The summed E-state index contributed by atoms with van der Waals surface area (Å²) >= 11 is 0. The van der Waals surface area contributed by atoms with Gasteiger partial charge in [0.25, 0.3) is 5.91 Å². The summed E-state index contributed by atoms with van der Waals surface area (Å²) in [5.74, 6) is -0.786. The van der Waals surface area contributed by atoms with E-state index in [2.05, 4.69) is 5.32 Å². The van der Waals surface area contributed by atoms with Crippen LogP contribution in [0.3, 0.4) is 0 Å². The van der Waals surface area contributed by atoms with Crippen molar-refractivity contribution in [2.75, 3.05) is 6.54 Å². The second-order valence-corrected chi connectivity index (χ2v) is 7.94. The molecule has 0 radical (unpaired) electrons. The Balaban J connectivity index is 1.71. The lowest BCUT2D eigenvalue weighted by Crippen LogP contribution is -2.41. The molecule has 1 heterocycles. The van der Waals surface area contributed by atoms with E-state index in [1.165, 1.54) is 4.90 Å². The van der Waals surface area contributed by atoms with Crippen molar-refractivity contribution in [3.63, 3.8) is 0 Å². The number of nitrogens with one attached hydrogen (secondary N) is 1. The van der Waals surface area contributed by atoms with E-state index in [1.54, 1.807) is 24.3 Å². The zero-order valence-electron chi connectivity index (χ0n) is 17.8. The Hall–Kier alpha value is -3.61. The van der Waals surface area contributed by atoms with E-state index in [-0.39, 0.29) is 18.9 Å². The summed E-state index contributed by atoms with van der Waals surface area (Å²) in [7, 11) is 0. The fourth-order valence-electron chi connectivity index (χ4n) is 4.25. The molecule has 4 nitrogen and oxygen atoms in total. The predicted molar refractivity (Wildman–Crippen MR) is 118 cm³/mol. The summed E-state index contributed by atoms with van der Waals surface area (Å²) in [6.45, 7) is -0.125. The van der Waals surface area contributed by atoms with Gasteiger partial charge in [-0.2, -0.15) is 13.2 Å². The maximum absolute atomic E-state index is 13.6. The molecule has 0 saturated heterocycles. The van der Waals surface area contributed by atoms with Crippen molar-refractivity contribution < 1.29 is 22.8 Å². The van der Waals surface area contributed by atoms with Gasteiger partial charge in [0, 0.05) is 18.5 Å². The average molecular weight is 452 g/mol. The number of carbonyl (C=O) groups excluding carboxylic acids is 2. The maximum Gasteiger partial charge on any atom is 0.389 e. The average Bonchev–Trinajstić information content (AvgIpc) is 3.10. The van der Waals surface area contributed by atoms with Crippen LogP contribution in [0.4, 0.5) is 13.2 Å². The highest BCUT2D eigenvalue weighted by molar-refractivity contribution is 6.05. The highest BCUT2D eigenvalue weighted by atomic mass is 19.4. The molecule has 0 bridgehead atoms.